The van der Waals surface area contributed by atoms with Crippen LogP contribution >= 0.6 is 0 Å². The Morgan fingerprint density at radius 3 is 2.59 bits per heavy atom. The van der Waals surface area contributed by atoms with Gasteiger partial charge in [-0.15, -0.1) is 0 Å². The van der Waals surface area contributed by atoms with Gasteiger partial charge in [0.05, 0.1) is 18.1 Å². The molecule has 1 aliphatic rings. The van der Waals surface area contributed by atoms with Crippen LogP contribution in [-0.2, 0) is 6.54 Å². The van der Waals surface area contributed by atoms with Gasteiger partial charge in [-0.2, -0.15) is 5.26 Å². The molecule has 3 heteroatoms. The van der Waals surface area contributed by atoms with E-state index in [0.717, 1.165) is 31.7 Å². The largest absolute Gasteiger partial charge is 0.494 e. The lowest BCUT2D eigenvalue weighted by Gasteiger charge is -2.08. The quantitative estimate of drug-likeness (QED) is 0.816. The third-order valence-electron chi connectivity index (χ3n) is 3.12. The molecule has 0 amide bonds. The maximum atomic E-state index is 8.94. The molecule has 1 N–H and O–H groups in total. The Labute approximate surface area is 102 Å². The summed E-state index contributed by atoms with van der Waals surface area (Å²) in [5, 5.41) is 12.3. The van der Waals surface area contributed by atoms with E-state index in [-0.39, 0.29) is 5.41 Å². The van der Waals surface area contributed by atoms with Crippen molar-refractivity contribution in [3.05, 3.63) is 29.8 Å². The van der Waals surface area contributed by atoms with Gasteiger partial charge in [-0.1, -0.05) is 12.1 Å². The summed E-state index contributed by atoms with van der Waals surface area (Å²) in [7, 11) is 0. The lowest BCUT2D eigenvalue weighted by atomic mass is 10.1. The van der Waals surface area contributed by atoms with E-state index in [0.29, 0.717) is 6.61 Å². The van der Waals surface area contributed by atoms with Gasteiger partial charge in [0.2, 0.25) is 0 Å². The maximum absolute atomic E-state index is 8.94. The van der Waals surface area contributed by atoms with Gasteiger partial charge in [0.15, 0.2) is 0 Å². The molecule has 1 saturated carbocycles. The van der Waals surface area contributed by atoms with Crippen LogP contribution < -0.4 is 10.1 Å². The first kappa shape index (κ1) is 11.9. The highest BCUT2D eigenvalue weighted by Gasteiger charge is 2.42. The Morgan fingerprint density at radius 1 is 1.35 bits per heavy atom. The van der Waals surface area contributed by atoms with Crippen molar-refractivity contribution >= 4 is 0 Å². The topological polar surface area (TPSA) is 45.0 Å². The van der Waals surface area contributed by atoms with Crippen molar-refractivity contribution in [1.29, 1.82) is 5.26 Å². The molecule has 0 aliphatic heterocycles. The molecule has 0 aromatic heterocycles. The molecule has 2 rings (SSSR count). The highest BCUT2D eigenvalue weighted by molar-refractivity contribution is 5.27. The van der Waals surface area contributed by atoms with Crippen LogP contribution in [0.25, 0.3) is 0 Å². The summed E-state index contributed by atoms with van der Waals surface area (Å²) < 4.78 is 5.38. The zero-order valence-electron chi connectivity index (χ0n) is 10.2. The number of nitriles is 1. The van der Waals surface area contributed by atoms with E-state index in [1.807, 2.05) is 19.1 Å². The summed E-state index contributed by atoms with van der Waals surface area (Å²) in [6.07, 6.45) is 2.08. The van der Waals surface area contributed by atoms with Crippen molar-refractivity contribution in [2.75, 3.05) is 13.2 Å². The minimum absolute atomic E-state index is 0.0642. The molecule has 90 valence electrons. The first-order valence-electron chi connectivity index (χ1n) is 6.12. The molecule has 0 heterocycles. The molecule has 0 unspecified atom stereocenters. The summed E-state index contributed by atoms with van der Waals surface area (Å²) in [6.45, 7) is 4.29. The number of nitrogens with one attached hydrogen (secondary N) is 1. The van der Waals surface area contributed by atoms with Crippen LogP contribution in [0.3, 0.4) is 0 Å². The Kier molecular flexibility index (Phi) is 3.65. The Hall–Kier alpha value is -1.53. The summed E-state index contributed by atoms with van der Waals surface area (Å²) in [4.78, 5) is 0. The highest BCUT2D eigenvalue weighted by Crippen LogP contribution is 2.44. The summed E-state index contributed by atoms with van der Waals surface area (Å²) in [5.41, 5.74) is 1.16. The summed E-state index contributed by atoms with van der Waals surface area (Å²) >= 11 is 0. The summed E-state index contributed by atoms with van der Waals surface area (Å²) in [5.74, 6) is 0.909. The number of rotatable bonds is 6. The van der Waals surface area contributed by atoms with Crippen molar-refractivity contribution in [2.24, 2.45) is 5.41 Å². The molecule has 0 radical (unpaired) electrons. The fourth-order valence-corrected chi connectivity index (χ4v) is 1.80. The zero-order valence-corrected chi connectivity index (χ0v) is 10.2. The van der Waals surface area contributed by atoms with E-state index in [9.17, 15) is 0 Å². The Bertz CT molecular complexity index is 401. The second kappa shape index (κ2) is 5.20. The number of benzene rings is 1. The second-order valence-electron chi connectivity index (χ2n) is 4.57. The van der Waals surface area contributed by atoms with Crippen LogP contribution in [-0.4, -0.2) is 13.2 Å². The molecular weight excluding hydrogens is 212 g/mol. The van der Waals surface area contributed by atoms with E-state index >= 15 is 0 Å². The minimum Gasteiger partial charge on any atom is -0.494 e. The minimum atomic E-state index is -0.0642. The predicted molar refractivity (Wildman–Crippen MR) is 66.6 cm³/mol. The molecule has 3 nitrogen and oxygen atoms in total. The molecule has 0 atom stereocenters. The standard InChI is InChI=1S/C14H18N2O/c1-2-17-13-5-3-12(4-6-13)9-16-11-14(10-15)7-8-14/h3-6,16H,2,7-9,11H2,1H3. The average Bonchev–Trinajstić information content (AvgIpc) is 3.13. The lowest BCUT2D eigenvalue weighted by Crippen LogP contribution is -2.22. The average molecular weight is 230 g/mol. The lowest BCUT2D eigenvalue weighted by molar-refractivity contribution is 0.340. The number of hydrogen-bond acceptors (Lipinski definition) is 3. The number of nitrogens with zero attached hydrogens (tertiary/aromatic N) is 1. The van der Waals surface area contributed by atoms with Gasteiger partial charge in [0.25, 0.3) is 0 Å². The SMILES string of the molecule is CCOc1ccc(CNCC2(C#N)CC2)cc1. The number of hydrogen-bond donors (Lipinski definition) is 1. The van der Waals surface area contributed by atoms with Crippen molar-refractivity contribution in [1.82, 2.24) is 5.32 Å². The van der Waals surface area contributed by atoms with Gasteiger partial charge < -0.3 is 10.1 Å². The third kappa shape index (κ3) is 3.21. The molecule has 1 fully saturated rings. The first-order chi connectivity index (χ1) is 8.28. The Morgan fingerprint density at radius 2 is 2.06 bits per heavy atom. The predicted octanol–water partition coefficient (Wildman–Crippen LogP) is 2.48. The van der Waals surface area contributed by atoms with Gasteiger partial charge in [0, 0.05) is 13.1 Å². The van der Waals surface area contributed by atoms with Crippen molar-refractivity contribution in [3.8, 4) is 11.8 Å². The van der Waals surface area contributed by atoms with E-state index in [1.165, 1.54) is 5.56 Å². The number of ether oxygens (including phenoxy) is 1. The third-order valence-corrected chi connectivity index (χ3v) is 3.12. The maximum Gasteiger partial charge on any atom is 0.119 e. The van der Waals surface area contributed by atoms with Crippen LogP contribution in [0.4, 0.5) is 0 Å². The van der Waals surface area contributed by atoms with Crippen molar-refractivity contribution < 1.29 is 4.74 Å². The van der Waals surface area contributed by atoms with Crippen LogP contribution in [0.5, 0.6) is 5.75 Å². The first-order valence-corrected chi connectivity index (χ1v) is 6.12. The van der Waals surface area contributed by atoms with E-state index in [2.05, 4.69) is 23.5 Å². The van der Waals surface area contributed by atoms with Gasteiger partial charge in [0.1, 0.15) is 5.75 Å². The van der Waals surface area contributed by atoms with Gasteiger partial charge >= 0.3 is 0 Å². The van der Waals surface area contributed by atoms with Crippen molar-refractivity contribution in [2.45, 2.75) is 26.3 Å². The normalized spacial score (nSPS) is 16.2. The van der Waals surface area contributed by atoms with Crippen molar-refractivity contribution in [3.63, 3.8) is 0 Å². The summed E-state index contributed by atoms with van der Waals surface area (Å²) in [6, 6.07) is 10.5. The van der Waals surface area contributed by atoms with E-state index in [4.69, 9.17) is 10.00 Å². The second-order valence-corrected chi connectivity index (χ2v) is 4.57. The molecule has 0 spiro atoms. The Balaban J connectivity index is 1.77. The molecule has 0 saturated heterocycles. The van der Waals surface area contributed by atoms with E-state index < -0.39 is 0 Å². The monoisotopic (exact) mass is 230 g/mol. The molecule has 1 aliphatic carbocycles. The fraction of sp³-hybridized carbons (Fsp3) is 0.500. The fourth-order valence-electron chi connectivity index (χ4n) is 1.80. The van der Waals surface area contributed by atoms with Crippen LogP contribution in [0.2, 0.25) is 0 Å². The molecule has 1 aromatic rings. The van der Waals surface area contributed by atoms with Crippen LogP contribution in [0, 0.1) is 16.7 Å². The molecule has 1 aromatic carbocycles. The van der Waals surface area contributed by atoms with E-state index in [1.54, 1.807) is 0 Å². The smallest absolute Gasteiger partial charge is 0.119 e. The van der Waals surface area contributed by atoms with Gasteiger partial charge in [-0.05, 0) is 37.5 Å². The zero-order chi connectivity index (χ0) is 12.1. The van der Waals surface area contributed by atoms with Gasteiger partial charge in [-0.3, -0.25) is 0 Å². The van der Waals surface area contributed by atoms with Gasteiger partial charge in [-0.25, -0.2) is 0 Å². The molecular formula is C14H18N2O. The van der Waals surface area contributed by atoms with Crippen LogP contribution in [0.1, 0.15) is 25.3 Å². The molecule has 17 heavy (non-hydrogen) atoms. The van der Waals surface area contributed by atoms with Crippen LogP contribution in [0.15, 0.2) is 24.3 Å². The highest BCUT2D eigenvalue weighted by atomic mass is 16.5. The molecule has 0 bridgehead atoms.